The summed E-state index contributed by atoms with van der Waals surface area (Å²) in [5.74, 6) is 2.80. The van der Waals surface area contributed by atoms with Gasteiger partial charge in [-0.3, -0.25) is 0 Å². The second-order valence-electron chi connectivity index (χ2n) is 4.16. The minimum Gasteiger partial charge on any atom is -0.497 e. The van der Waals surface area contributed by atoms with Crippen molar-refractivity contribution in [3.05, 3.63) is 53.5 Å². The van der Waals surface area contributed by atoms with Gasteiger partial charge in [0.25, 0.3) is 0 Å². The Morgan fingerprint density at radius 3 is 2.72 bits per heavy atom. The zero-order valence-electron chi connectivity index (χ0n) is 11.1. The predicted octanol–water partition coefficient (Wildman–Crippen LogP) is 3.16. The van der Waals surface area contributed by atoms with Gasteiger partial charge >= 0.3 is 0 Å². The fourth-order valence-electron chi connectivity index (χ4n) is 2.03. The standard InChI is InChI=1S/C15H19NO2/c1-4-12-8-9-14(18-12)15(16-2)11-6-5-7-13(10-11)17-3/h5-10,15-16H,4H2,1-3H3. The maximum absolute atomic E-state index is 5.81. The van der Waals surface area contributed by atoms with Gasteiger partial charge in [0.1, 0.15) is 17.3 Å². The molecule has 0 aliphatic heterocycles. The summed E-state index contributed by atoms with van der Waals surface area (Å²) in [4.78, 5) is 0. The number of benzene rings is 1. The monoisotopic (exact) mass is 245 g/mol. The van der Waals surface area contributed by atoms with E-state index in [4.69, 9.17) is 9.15 Å². The molecule has 3 heteroatoms. The maximum atomic E-state index is 5.81. The predicted molar refractivity (Wildman–Crippen MR) is 72.0 cm³/mol. The Balaban J connectivity index is 2.32. The number of nitrogens with one attached hydrogen (secondary N) is 1. The number of ether oxygens (including phenoxy) is 1. The first kappa shape index (κ1) is 12.7. The maximum Gasteiger partial charge on any atom is 0.125 e. The van der Waals surface area contributed by atoms with E-state index in [9.17, 15) is 0 Å². The molecule has 1 heterocycles. The Morgan fingerprint density at radius 1 is 1.28 bits per heavy atom. The molecule has 1 aromatic heterocycles. The van der Waals surface area contributed by atoms with Crippen molar-refractivity contribution in [1.29, 1.82) is 0 Å². The van der Waals surface area contributed by atoms with E-state index in [1.807, 2.05) is 37.4 Å². The van der Waals surface area contributed by atoms with Gasteiger partial charge in [0.15, 0.2) is 0 Å². The molecule has 0 aliphatic rings. The zero-order chi connectivity index (χ0) is 13.0. The summed E-state index contributed by atoms with van der Waals surface area (Å²) in [6, 6.07) is 12.1. The van der Waals surface area contributed by atoms with Gasteiger partial charge in [0.2, 0.25) is 0 Å². The number of furan rings is 1. The smallest absolute Gasteiger partial charge is 0.125 e. The highest BCUT2D eigenvalue weighted by atomic mass is 16.5. The lowest BCUT2D eigenvalue weighted by Crippen LogP contribution is -2.17. The molecule has 0 aliphatic carbocycles. The molecular formula is C15H19NO2. The Hall–Kier alpha value is -1.74. The molecule has 0 bridgehead atoms. The fraction of sp³-hybridized carbons (Fsp3) is 0.333. The van der Waals surface area contributed by atoms with Crippen LogP contribution < -0.4 is 10.1 Å². The van der Waals surface area contributed by atoms with E-state index >= 15 is 0 Å². The van der Waals surface area contributed by atoms with Crippen molar-refractivity contribution in [3.63, 3.8) is 0 Å². The topological polar surface area (TPSA) is 34.4 Å². The van der Waals surface area contributed by atoms with Crippen LogP contribution >= 0.6 is 0 Å². The van der Waals surface area contributed by atoms with Gasteiger partial charge in [-0.15, -0.1) is 0 Å². The van der Waals surface area contributed by atoms with Crippen LogP contribution in [0.2, 0.25) is 0 Å². The van der Waals surface area contributed by atoms with Gasteiger partial charge in [-0.2, -0.15) is 0 Å². The molecule has 96 valence electrons. The molecule has 0 saturated heterocycles. The van der Waals surface area contributed by atoms with E-state index in [-0.39, 0.29) is 6.04 Å². The van der Waals surface area contributed by atoms with E-state index in [2.05, 4.69) is 18.3 Å². The minimum atomic E-state index is 0.0559. The molecule has 2 aromatic rings. The van der Waals surface area contributed by atoms with Gasteiger partial charge in [0.05, 0.1) is 13.2 Å². The summed E-state index contributed by atoms with van der Waals surface area (Å²) >= 11 is 0. The number of hydrogen-bond donors (Lipinski definition) is 1. The van der Waals surface area contributed by atoms with Gasteiger partial charge in [-0.05, 0) is 36.9 Å². The van der Waals surface area contributed by atoms with Gasteiger partial charge in [0, 0.05) is 6.42 Å². The molecule has 0 saturated carbocycles. The summed E-state index contributed by atoms with van der Waals surface area (Å²) in [7, 11) is 3.61. The molecule has 1 aromatic carbocycles. The normalized spacial score (nSPS) is 12.4. The minimum absolute atomic E-state index is 0.0559. The first-order valence-electron chi connectivity index (χ1n) is 6.18. The van der Waals surface area contributed by atoms with E-state index in [1.165, 1.54) is 0 Å². The van der Waals surface area contributed by atoms with Crippen LogP contribution in [0.4, 0.5) is 0 Å². The van der Waals surface area contributed by atoms with Gasteiger partial charge < -0.3 is 14.5 Å². The van der Waals surface area contributed by atoms with E-state index in [0.29, 0.717) is 0 Å². The van der Waals surface area contributed by atoms with Crippen LogP contribution in [0.25, 0.3) is 0 Å². The average Bonchev–Trinajstić information content (AvgIpc) is 2.88. The van der Waals surface area contributed by atoms with E-state index in [0.717, 1.165) is 29.3 Å². The second-order valence-corrected chi connectivity index (χ2v) is 4.16. The SMILES string of the molecule is CCc1ccc(C(NC)c2cccc(OC)c2)o1. The van der Waals surface area contributed by atoms with Crippen molar-refractivity contribution >= 4 is 0 Å². The second kappa shape index (κ2) is 5.74. The van der Waals surface area contributed by atoms with Crippen LogP contribution in [0.3, 0.4) is 0 Å². The molecule has 1 N–H and O–H groups in total. The van der Waals surface area contributed by atoms with Crippen LogP contribution in [0, 0.1) is 0 Å². The molecule has 1 unspecified atom stereocenters. The summed E-state index contributed by atoms with van der Waals surface area (Å²) in [6.45, 7) is 2.09. The van der Waals surface area contributed by atoms with E-state index < -0.39 is 0 Å². The Kier molecular flexibility index (Phi) is 4.05. The van der Waals surface area contributed by atoms with Crippen molar-refractivity contribution in [3.8, 4) is 5.75 Å². The molecule has 18 heavy (non-hydrogen) atoms. The van der Waals surface area contributed by atoms with Gasteiger partial charge in [-0.25, -0.2) is 0 Å². The first-order chi connectivity index (χ1) is 8.78. The number of aryl methyl sites for hydroxylation is 1. The Morgan fingerprint density at radius 2 is 2.11 bits per heavy atom. The summed E-state index contributed by atoms with van der Waals surface area (Å²) in [5, 5.41) is 3.27. The number of rotatable bonds is 5. The fourth-order valence-corrected chi connectivity index (χ4v) is 2.03. The van der Waals surface area contributed by atoms with Crippen LogP contribution in [0.1, 0.15) is 30.0 Å². The molecule has 0 spiro atoms. The van der Waals surface area contributed by atoms with Crippen LogP contribution in [-0.4, -0.2) is 14.2 Å². The van der Waals surface area contributed by atoms with Crippen LogP contribution in [-0.2, 0) is 6.42 Å². The Labute approximate surface area is 108 Å². The third-order valence-electron chi connectivity index (χ3n) is 3.03. The molecule has 2 rings (SSSR count). The first-order valence-corrected chi connectivity index (χ1v) is 6.18. The zero-order valence-corrected chi connectivity index (χ0v) is 11.1. The van der Waals surface area contributed by atoms with Gasteiger partial charge in [-0.1, -0.05) is 19.1 Å². The summed E-state index contributed by atoms with van der Waals surface area (Å²) in [6.07, 6.45) is 0.911. The van der Waals surface area contributed by atoms with E-state index in [1.54, 1.807) is 7.11 Å². The third-order valence-corrected chi connectivity index (χ3v) is 3.03. The van der Waals surface area contributed by atoms with Crippen molar-refractivity contribution in [2.24, 2.45) is 0 Å². The third kappa shape index (κ3) is 2.57. The van der Waals surface area contributed by atoms with Crippen molar-refractivity contribution < 1.29 is 9.15 Å². The lowest BCUT2D eigenvalue weighted by molar-refractivity contribution is 0.411. The van der Waals surface area contributed by atoms with Crippen molar-refractivity contribution in [1.82, 2.24) is 5.32 Å². The largest absolute Gasteiger partial charge is 0.497 e. The highest BCUT2D eigenvalue weighted by Gasteiger charge is 2.16. The van der Waals surface area contributed by atoms with Crippen LogP contribution in [0.15, 0.2) is 40.8 Å². The van der Waals surface area contributed by atoms with Crippen LogP contribution in [0.5, 0.6) is 5.75 Å². The summed E-state index contributed by atoms with van der Waals surface area (Å²) in [5.41, 5.74) is 1.13. The van der Waals surface area contributed by atoms with Crippen molar-refractivity contribution in [2.45, 2.75) is 19.4 Å². The lowest BCUT2D eigenvalue weighted by Gasteiger charge is -2.15. The quantitative estimate of drug-likeness (QED) is 0.878. The molecule has 3 nitrogen and oxygen atoms in total. The van der Waals surface area contributed by atoms with Crippen molar-refractivity contribution in [2.75, 3.05) is 14.2 Å². The average molecular weight is 245 g/mol. The Bertz CT molecular complexity index is 505. The number of hydrogen-bond acceptors (Lipinski definition) is 3. The molecular weight excluding hydrogens is 226 g/mol. The lowest BCUT2D eigenvalue weighted by atomic mass is 10.0. The molecule has 0 fully saturated rings. The molecule has 0 amide bonds. The molecule has 1 atom stereocenters. The molecule has 0 radical (unpaired) electrons. The summed E-state index contributed by atoms with van der Waals surface area (Å²) < 4.78 is 11.1. The highest BCUT2D eigenvalue weighted by molar-refractivity contribution is 5.34. The number of methoxy groups -OCH3 is 1. The highest BCUT2D eigenvalue weighted by Crippen LogP contribution is 2.26.